The zero-order valence-corrected chi connectivity index (χ0v) is 10.3. The molecule has 1 unspecified atom stereocenters. The average Bonchev–Trinajstić information content (AvgIpc) is 2.61. The Balaban J connectivity index is 2.17. The summed E-state index contributed by atoms with van der Waals surface area (Å²) in [7, 11) is 1.92. The molecule has 1 aromatic heterocycles. The fraction of sp³-hybridized carbons (Fsp3) is 0.308. The van der Waals surface area contributed by atoms with Crippen LogP contribution < -0.4 is 5.32 Å². The molecule has 0 aliphatic rings. The molecule has 1 aromatic carbocycles. The summed E-state index contributed by atoms with van der Waals surface area (Å²) < 4.78 is 1.83. The smallest absolute Gasteiger partial charge is 0.115 e. The summed E-state index contributed by atoms with van der Waals surface area (Å²) in [5, 5.41) is 17.0. The first-order valence-corrected chi connectivity index (χ1v) is 5.62. The second-order valence-corrected chi connectivity index (χ2v) is 4.23. The van der Waals surface area contributed by atoms with Gasteiger partial charge in [-0.25, -0.2) is 0 Å². The lowest BCUT2D eigenvalue weighted by atomic mass is 10.1. The van der Waals surface area contributed by atoms with E-state index in [-0.39, 0.29) is 6.04 Å². The topological polar surface area (TPSA) is 50.1 Å². The zero-order chi connectivity index (χ0) is 12.4. The number of benzene rings is 1. The standard InChI is InChI=1S/C13H17N3O/c1-9(11-5-4-6-12(17)7-11)15-13-8-14-16(3)10(13)2/h4-9,15,17H,1-3H3. The number of aryl methyl sites for hydroxylation is 1. The average molecular weight is 231 g/mol. The number of aromatic hydroxyl groups is 1. The second kappa shape index (κ2) is 4.49. The normalized spacial score (nSPS) is 12.4. The van der Waals surface area contributed by atoms with E-state index in [1.54, 1.807) is 12.1 Å². The van der Waals surface area contributed by atoms with E-state index in [0.717, 1.165) is 16.9 Å². The molecule has 0 radical (unpaired) electrons. The van der Waals surface area contributed by atoms with E-state index >= 15 is 0 Å². The van der Waals surface area contributed by atoms with Crippen molar-refractivity contribution in [2.75, 3.05) is 5.32 Å². The van der Waals surface area contributed by atoms with Gasteiger partial charge in [-0.3, -0.25) is 4.68 Å². The third-order valence-electron chi connectivity index (χ3n) is 2.98. The Morgan fingerprint density at radius 2 is 2.18 bits per heavy atom. The van der Waals surface area contributed by atoms with E-state index in [9.17, 15) is 5.11 Å². The maximum atomic E-state index is 9.44. The van der Waals surface area contributed by atoms with Crippen LogP contribution >= 0.6 is 0 Å². The highest BCUT2D eigenvalue weighted by molar-refractivity contribution is 5.48. The summed E-state index contributed by atoms with van der Waals surface area (Å²) in [6.45, 7) is 4.08. The quantitative estimate of drug-likeness (QED) is 0.853. The molecule has 0 fully saturated rings. The fourth-order valence-electron chi connectivity index (χ4n) is 1.75. The number of nitrogens with zero attached hydrogens (tertiary/aromatic N) is 2. The molecular formula is C13H17N3O. The van der Waals surface area contributed by atoms with Gasteiger partial charge < -0.3 is 10.4 Å². The van der Waals surface area contributed by atoms with Crippen LogP contribution in [0.1, 0.15) is 24.2 Å². The van der Waals surface area contributed by atoms with Crippen molar-refractivity contribution >= 4 is 5.69 Å². The molecule has 2 N–H and O–H groups in total. The van der Waals surface area contributed by atoms with Crippen LogP contribution in [0.3, 0.4) is 0 Å². The predicted molar refractivity (Wildman–Crippen MR) is 68.1 cm³/mol. The van der Waals surface area contributed by atoms with E-state index in [1.165, 1.54) is 0 Å². The number of anilines is 1. The Labute approximate surface area is 101 Å². The summed E-state index contributed by atoms with van der Waals surface area (Å²) in [4.78, 5) is 0. The summed E-state index contributed by atoms with van der Waals surface area (Å²) in [6.07, 6.45) is 1.81. The van der Waals surface area contributed by atoms with Crippen molar-refractivity contribution < 1.29 is 5.11 Å². The summed E-state index contributed by atoms with van der Waals surface area (Å²) in [5.41, 5.74) is 3.16. The van der Waals surface area contributed by atoms with Gasteiger partial charge in [-0.05, 0) is 31.5 Å². The molecule has 4 nitrogen and oxygen atoms in total. The molecule has 0 aliphatic carbocycles. The predicted octanol–water partition coefficient (Wildman–Crippen LogP) is 2.61. The minimum Gasteiger partial charge on any atom is -0.508 e. The number of nitrogens with one attached hydrogen (secondary N) is 1. The Kier molecular flexibility index (Phi) is 3.04. The van der Waals surface area contributed by atoms with Crippen LogP contribution in [0.5, 0.6) is 5.75 Å². The maximum absolute atomic E-state index is 9.44. The first-order chi connectivity index (χ1) is 8.08. The van der Waals surface area contributed by atoms with Crippen LogP contribution in [0.15, 0.2) is 30.5 Å². The van der Waals surface area contributed by atoms with Gasteiger partial charge in [-0.15, -0.1) is 0 Å². The molecule has 2 aromatic rings. The van der Waals surface area contributed by atoms with E-state index in [4.69, 9.17) is 0 Å². The molecule has 17 heavy (non-hydrogen) atoms. The molecule has 0 spiro atoms. The van der Waals surface area contributed by atoms with E-state index in [1.807, 2.05) is 37.0 Å². The zero-order valence-electron chi connectivity index (χ0n) is 10.3. The highest BCUT2D eigenvalue weighted by Crippen LogP contribution is 2.23. The van der Waals surface area contributed by atoms with Crippen LogP contribution in [0, 0.1) is 6.92 Å². The van der Waals surface area contributed by atoms with Crippen LogP contribution in [-0.4, -0.2) is 14.9 Å². The van der Waals surface area contributed by atoms with Crippen molar-refractivity contribution in [3.05, 3.63) is 41.7 Å². The minimum atomic E-state index is 0.130. The van der Waals surface area contributed by atoms with Crippen molar-refractivity contribution in [1.82, 2.24) is 9.78 Å². The van der Waals surface area contributed by atoms with Gasteiger partial charge in [0.05, 0.1) is 17.6 Å². The molecule has 0 aliphatic heterocycles. The Morgan fingerprint density at radius 1 is 1.41 bits per heavy atom. The number of hydrogen-bond acceptors (Lipinski definition) is 3. The first kappa shape index (κ1) is 11.5. The Hall–Kier alpha value is -1.97. The SMILES string of the molecule is Cc1c(NC(C)c2cccc(O)c2)cnn1C. The Morgan fingerprint density at radius 3 is 2.76 bits per heavy atom. The second-order valence-electron chi connectivity index (χ2n) is 4.23. The third kappa shape index (κ3) is 2.41. The molecule has 0 saturated heterocycles. The number of hydrogen-bond donors (Lipinski definition) is 2. The molecule has 90 valence electrons. The highest BCUT2D eigenvalue weighted by atomic mass is 16.3. The summed E-state index contributed by atoms with van der Waals surface area (Å²) in [5.74, 6) is 0.291. The van der Waals surface area contributed by atoms with Crippen LogP contribution in [0.4, 0.5) is 5.69 Å². The number of aromatic nitrogens is 2. The minimum absolute atomic E-state index is 0.130. The van der Waals surface area contributed by atoms with Crippen molar-refractivity contribution in [1.29, 1.82) is 0 Å². The molecule has 4 heteroatoms. The lowest BCUT2D eigenvalue weighted by Gasteiger charge is -2.15. The number of rotatable bonds is 3. The third-order valence-corrected chi connectivity index (χ3v) is 2.98. The van der Waals surface area contributed by atoms with Gasteiger partial charge in [0.1, 0.15) is 5.75 Å². The molecule has 1 atom stereocenters. The van der Waals surface area contributed by atoms with Crippen LogP contribution in [0.25, 0.3) is 0 Å². The Bertz CT molecular complexity index is 519. The van der Waals surface area contributed by atoms with Crippen molar-refractivity contribution in [2.45, 2.75) is 19.9 Å². The van der Waals surface area contributed by atoms with Crippen molar-refractivity contribution in [3.63, 3.8) is 0 Å². The molecule has 0 bridgehead atoms. The van der Waals surface area contributed by atoms with Gasteiger partial charge in [-0.1, -0.05) is 12.1 Å². The van der Waals surface area contributed by atoms with Gasteiger partial charge in [0.25, 0.3) is 0 Å². The lowest BCUT2D eigenvalue weighted by Crippen LogP contribution is -2.07. The van der Waals surface area contributed by atoms with Crippen molar-refractivity contribution in [2.24, 2.45) is 7.05 Å². The summed E-state index contributed by atoms with van der Waals surface area (Å²) in [6, 6.07) is 7.40. The summed E-state index contributed by atoms with van der Waals surface area (Å²) >= 11 is 0. The lowest BCUT2D eigenvalue weighted by molar-refractivity contribution is 0.474. The van der Waals surface area contributed by atoms with Crippen LogP contribution in [0.2, 0.25) is 0 Å². The van der Waals surface area contributed by atoms with Gasteiger partial charge in [0, 0.05) is 13.1 Å². The molecule has 1 heterocycles. The molecule has 0 amide bonds. The van der Waals surface area contributed by atoms with Gasteiger partial charge in [-0.2, -0.15) is 5.10 Å². The monoisotopic (exact) mass is 231 g/mol. The molecule has 0 saturated carbocycles. The van der Waals surface area contributed by atoms with Gasteiger partial charge in [0.15, 0.2) is 0 Å². The largest absolute Gasteiger partial charge is 0.508 e. The molecule has 2 rings (SSSR count). The highest BCUT2D eigenvalue weighted by Gasteiger charge is 2.09. The number of phenolic OH excluding ortho intramolecular Hbond substituents is 1. The van der Waals surface area contributed by atoms with E-state index in [0.29, 0.717) is 5.75 Å². The maximum Gasteiger partial charge on any atom is 0.115 e. The number of phenols is 1. The van der Waals surface area contributed by atoms with Gasteiger partial charge >= 0.3 is 0 Å². The molecular weight excluding hydrogens is 214 g/mol. The van der Waals surface area contributed by atoms with E-state index < -0.39 is 0 Å². The van der Waals surface area contributed by atoms with Crippen LogP contribution in [-0.2, 0) is 7.05 Å². The van der Waals surface area contributed by atoms with Gasteiger partial charge in [0.2, 0.25) is 0 Å². The fourth-order valence-corrected chi connectivity index (χ4v) is 1.75. The van der Waals surface area contributed by atoms with Crippen molar-refractivity contribution in [3.8, 4) is 5.75 Å². The first-order valence-electron chi connectivity index (χ1n) is 5.62. The van der Waals surface area contributed by atoms with E-state index in [2.05, 4.69) is 17.3 Å².